The van der Waals surface area contributed by atoms with E-state index in [2.05, 4.69) is 15.5 Å². The second kappa shape index (κ2) is 8.21. The zero-order valence-electron chi connectivity index (χ0n) is 13.8. The van der Waals surface area contributed by atoms with Gasteiger partial charge in [-0.25, -0.2) is 0 Å². The van der Waals surface area contributed by atoms with Gasteiger partial charge in [0.25, 0.3) is 5.91 Å². The van der Waals surface area contributed by atoms with E-state index in [4.69, 9.17) is 32.5 Å². The minimum absolute atomic E-state index is 0.105. The standard InChI is InChI=1S/C18H15Cl2N3O3/c1-11(25-15-8-6-14(20)7-9-15)18(24)21-10-16-22-17(23-26-16)12-2-4-13(19)5-3-12/h2-9,11H,10H2,1H3,(H,21,24)/t11-/m1/s1. The minimum atomic E-state index is -0.685. The van der Waals surface area contributed by atoms with Crippen molar-refractivity contribution in [1.82, 2.24) is 15.5 Å². The molecule has 0 aliphatic carbocycles. The molecule has 0 fully saturated rings. The van der Waals surface area contributed by atoms with E-state index in [9.17, 15) is 4.79 Å². The Hall–Kier alpha value is -2.57. The monoisotopic (exact) mass is 391 g/mol. The van der Waals surface area contributed by atoms with Crippen molar-refractivity contribution in [3.63, 3.8) is 0 Å². The third-order valence-electron chi connectivity index (χ3n) is 3.48. The van der Waals surface area contributed by atoms with Crippen LogP contribution in [0.25, 0.3) is 11.4 Å². The summed E-state index contributed by atoms with van der Waals surface area (Å²) in [6.07, 6.45) is -0.685. The maximum absolute atomic E-state index is 12.1. The molecule has 0 bridgehead atoms. The first kappa shape index (κ1) is 18.2. The van der Waals surface area contributed by atoms with Crippen molar-refractivity contribution in [1.29, 1.82) is 0 Å². The molecule has 6 nitrogen and oxygen atoms in total. The average Bonchev–Trinajstić information content (AvgIpc) is 3.11. The molecule has 1 heterocycles. The second-order valence-corrected chi connectivity index (χ2v) is 6.32. The summed E-state index contributed by atoms with van der Waals surface area (Å²) in [6, 6.07) is 13.8. The lowest BCUT2D eigenvalue weighted by Gasteiger charge is -2.13. The summed E-state index contributed by atoms with van der Waals surface area (Å²) in [5.74, 6) is 0.976. The second-order valence-electron chi connectivity index (χ2n) is 5.45. The van der Waals surface area contributed by atoms with Crippen molar-refractivity contribution in [2.45, 2.75) is 19.6 Å². The molecule has 0 saturated heterocycles. The van der Waals surface area contributed by atoms with Gasteiger partial charge in [-0.3, -0.25) is 4.79 Å². The number of hydrogen-bond donors (Lipinski definition) is 1. The molecule has 26 heavy (non-hydrogen) atoms. The quantitative estimate of drug-likeness (QED) is 0.683. The van der Waals surface area contributed by atoms with Crippen molar-refractivity contribution >= 4 is 29.1 Å². The van der Waals surface area contributed by atoms with E-state index in [1.54, 1.807) is 55.5 Å². The molecule has 1 aromatic heterocycles. The molecular formula is C18H15Cl2N3O3. The van der Waals surface area contributed by atoms with E-state index in [0.29, 0.717) is 27.5 Å². The molecule has 134 valence electrons. The van der Waals surface area contributed by atoms with Crippen molar-refractivity contribution in [2.75, 3.05) is 0 Å². The molecule has 0 aliphatic rings. The highest BCUT2D eigenvalue weighted by atomic mass is 35.5. The minimum Gasteiger partial charge on any atom is -0.481 e. The summed E-state index contributed by atoms with van der Waals surface area (Å²) in [5.41, 5.74) is 0.773. The molecule has 3 aromatic rings. The number of hydrogen-bond acceptors (Lipinski definition) is 5. The van der Waals surface area contributed by atoms with Crippen LogP contribution in [0.15, 0.2) is 53.1 Å². The topological polar surface area (TPSA) is 77.2 Å². The van der Waals surface area contributed by atoms with Gasteiger partial charge >= 0.3 is 0 Å². The Morgan fingerprint density at radius 1 is 1.12 bits per heavy atom. The normalized spacial score (nSPS) is 11.8. The summed E-state index contributed by atoms with van der Waals surface area (Å²) in [7, 11) is 0. The van der Waals surface area contributed by atoms with E-state index in [1.807, 2.05) is 0 Å². The number of carbonyl (C=O) groups is 1. The Labute approximate surface area is 160 Å². The summed E-state index contributed by atoms with van der Waals surface area (Å²) in [6.45, 7) is 1.75. The fourth-order valence-corrected chi connectivity index (χ4v) is 2.37. The van der Waals surface area contributed by atoms with Crippen LogP contribution in [-0.4, -0.2) is 22.2 Å². The van der Waals surface area contributed by atoms with Crippen molar-refractivity contribution in [3.05, 3.63) is 64.5 Å². The number of halogens is 2. The van der Waals surface area contributed by atoms with Gasteiger partial charge in [0.15, 0.2) is 6.10 Å². The molecule has 1 N–H and O–H groups in total. The van der Waals surface area contributed by atoms with Gasteiger partial charge in [0.2, 0.25) is 11.7 Å². The molecule has 0 saturated carbocycles. The van der Waals surface area contributed by atoms with Gasteiger partial charge < -0.3 is 14.6 Å². The van der Waals surface area contributed by atoms with Crippen molar-refractivity contribution in [2.24, 2.45) is 0 Å². The van der Waals surface area contributed by atoms with E-state index in [1.165, 1.54) is 0 Å². The highest BCUT2D eigenvalue weighted by Crippen LogP contribution is 2.19. The molecule has 3 rings (SSSR count). The van der Waals surface area contributed by atoms with Crippen LogP contribution in [0, 0.1) is 0 Å². The SMILES string of the molecule is C[C@@H](Oc1ccc(Cl)cc1)C(=O)NCc1nc(-c2ccc(Cl)cc2)no1. The average molecular weight is 392 g/mol. The highest BCUT2D eigenvalue weighted by Gasteiger charge is 2.16. The molecule has 2 aromatic carbocycles. The van der Waals surface area contributed by atoms with Gasteiger partial charge in [-0.1, -0.05) is 28.4 Å². The largest absolute Gasteiger partial charge is 0.481 e. The number of amides is 1. The Morgan fingerprint density at radius 2 is 1.73 bits per heavy atom. The predicted octanol–water partition coefficient (Wildman–Crippen LogP) is 4.13. The van der Waals surface area contributed by atoms with Gasteiger partial charge in [-0.05, 0) is 55.5 Å². The van der Waals surface area contributed by atoms with E-state index >= 15 is 0 Å². The number of carbonyl (C=O) groups excluding carboxylic acids is 1. The third kappa shape index (κ3) is 4.74. The molecule has 0 radical (unpaired) electrons. The van der Waals surface area contributed by atoms with E-state index < -0.39 is 6.10 Å². The zero-order chi connectivity index (χ0) is 18.5. The summed E-state index contributed by atoms with van der Waals surface area (Å²) in [5, 5.41) is 7.81. The van der Waals surface area contributed by atoms with Crippen LogP contribution in [0.1, 0.15) is 12.8 Å². The number of aromatic nitrogens is 2. The van der Waals surface area contributed by atoms with Crippen LogP contribution < -0.4 is 10.1 Å². The Morgan fingerprint density at radius 3 is 2.38 bits per heavy atom. The van der Waals surface area contributed by atoms with Gasteiger partial charge in [-0.2, -0.15) is 4.98 Å². The third-order valence-corrected chi connectivity index (χ3v) is 3.98. The zero-order valence-corrected chi connectivity index (χ0v) is 15.3. The molecule has 1 atom stereocenters. The number of benzene rings is 2. The van der Waals surface area contributed by atoms with Crippen LogP contribution in [-0.2, 0) is 11.3 Å². The van der Waals surface area contributed by atoms with E-state index in [-0.39, 0.29) is 12.5 Å². The predicted molar refractivity (Wildman–Crippen MR) is 98.1 cm³/mol. The fourth-order valence-electron chi connectivity index (χ4n) is 2.12. The molecule has 0 spiro atoms. The smallest absolute Gasteiger partial charge is 0.261 e. The van der Waals surface area contributed by atoms with Crippen LogP contribution in [0.4, 0.5) is 0 Å². The molecule has 1 amide bonds. The van der Waals surface area contributed by atoms with Gasteiger partial charge in [-0.15, -0.1) is 0 Å². The van der Waals surface area contributed by atoms with E-state index in [0.717, 1.165) is 5.56 Å². The summed E-state index contributed by atoms with van der Waals surface area (Å²) >= 11 is 11.7. The summed E-state index contributed by atoms with van der Waals surface area (Å²) in [4.78, 5) is 16.4. The van der Waals surface area contributed by atoms with Gasteiger partial charge in [0.1, 0.15) is 5.75 Å². The van der Waals surface area contributed by atoms with Crippen LogP contribution in [0.3, 0.4) is 0 Å². The first-order chi connectivity index (χ1) is 12.5. The van der Waals surface area contributed by atoms with Crippen molar-refractivity contribution in [3.8, 4) is 17.1 Å². The lowest BCUT2D eigenvalue weighted by atomic mass is 10.2. The molecular weight excluding hydrogens is 377 g/mol. The maximum atomic E-state index is 12.1. The lowest BCUT2D eigenvalue weighted by Crippen LogP contribution is -2.35. The van der Waals surface area contributed by atoms with Crippen LogP contribution in [0.5, 0.6) is 5.75 Å². The number of nitrogens with one attached hydrogen (secondary N) is 1. The van der Waals surface area contributed by atoms with Crippen LogP contribution >= 0.6 is 23.2 Å². The number of ether oxygens (including phenoxy) is 1. The first-order valence-corrected chi connectivity index (χ1v) is 8.55. The summed E-state index contributed by atoms with van der Waals surface area (Å²) < 4.78 is 10.7. The maximum Gasteiger partial charge on any atom is 0.261 e. The van der Waals surface area contributed by atoms with Crippen LogP contribution in [0.2, 0.25) is 10.0 Å². The lowest BCUT2D eigenvalue weighted by molar-refractivity contribution is -0.127. The Bertz CT molecular complexity index is 879. The Balaban J connectivity index is 1.54. The fraction of sp³-hybridized carbons (Fsp3) is 0.167. The van der Waals surface area contributed by atoms with Gasteiger partial charge in [0, 0.05) is 15.6 Å². The first-order valence-electron chi connectivity index (χ1n) is 7.80. The number of rotatable bonds is 6. The van der Waals surface area contributed by atoms with Crippen molar-refractivity contribution < 1.29 is 14.1 Å². The Kier molecular flexibility index (Phi) is 5.75. The highest BCUT2D eigenvalue weighted by molar-refractivity contribution is 6.30. The van der Waals surface area contributed by atoms with Gasteiger partial charge in [0.05, 0.1) is 6.54 Å². The number of nitrogens with zero attached hydrogens (tertiary/aromatic N) is 2. The molecule has 0 unspecified atom stereocenters. The molecule has 8 heteroatoms. The molecule has 0 aliphatic heterocycles.